The van der Waals surface area contributed by atoms with E-state index in [-0.39, 0.29) is 6.10 Å². The van der Waals surface area contributed by atoms with Gasteiger partial charge in [-0.05, 0) is 46.8 Å². The van der Waals surface area contributed by atoms with Crippen LogP contribution in [0.4, 0.5) is 0 Å². The minimum absolute atomic E-state index is 0.208. The third-order valence-electron chi connectivity index (χ3n) is 3.05. The van der Waals surface area contributed by atoms with E-state index >= 15 is 0 Å². The zero-order chi connectivity index (χ0) is 17.4. The van der Waals surface area contributed by atoms with Crippen LogP contribution in [0.25, 0.3) is 0 Å². The van der Waals surface area contributed by atoms with Crippen molar-refractivity contribution in [3.63, 3.8) is 0 Å². The molecule has 0 aromatic heterocycles. The molecule has 0 N–H and O–H groups in total. The van der Waals surface area contributed by atoms with E-state index in [4.69, 9.17) is 13.3 Å². The van der Waals surface area contributed by atoms with Crippen molar-refractivity contribution in [2.75, 3.05) is 24.3 Å². The number of hydrogen-bond acceptors (Lipinski definition) is 7. The first-order valence-corrected chi connectivity index (χ1v) is 15.8. The lowest BCUT2D eigenvalue weighted by Crippen LogP contribution is -2.50. The predicted octanol–water partition coefficient (Wildman–Crippen LogP) is 6.61. The second-order valence-corrected chi connectivity index (χ2v) is 14.5. The molecule has 3 nitrogen and oxygen atoms in total. The molecular formula is C15H34O3S4Si. The zero-order valence-electron chi connectivity index (χ0n) is 15.3. The average molecular weight is 419 g/mol. The molecule has 140 valence electrons. The van der Waals surface area contributed by atoms with Gasteiger partial charge in [0.2, 0.25) is 0 Å². The van der Waals surface area contributed by atoms with Crippen LogP contribution in [0.15, 0.2) is 0 Å². The summed E-state index contributed by atoms with van der Waals surface area (Å²) < 4.78 is 18.4. The minimum atomic E-state index is -2.57. The molecule has 0 fully saturated rings. The van der Waals surface area contributed by atoms with Gasteiger partial charge in [-0.1, -0.05) is 61.1 Å². The van der Waals surface area contributed by atoms with Gasteiger partial charge >= 0.3 is 8.80 Å². The second-order valence-electron chi connectivity index (χ2n) is 5.13. The molecule has 0 amide bonds. The Labute approximate surface area is 160 Å². The first-order chi connectivity index (χ1) is 11.1. The van der Waals surface area contributed by atoms with Crippen molar-refractivity contribution in [3.05, 3.63) is 0 Å². The third kappa shape index (κ3) is 13.4. The van der Waals surface area contributed by atoms with Gasteiger partial charge in [0.1, 0.15) is 0 Å². The molecule has 0 aromatic rings. The van der Waals surface area contributed by atoms with E-state index in [2.05, 4.69) is 20.8 Å². The number of hydrogen-bond donors (Lipinski definition) is 0. The van der Waals surface area contributed by atoms with Crippen LogP contribution in [-0.2, 0) is 13.3 Å². The summed E-state index contributed by atoms with van der Waals surface area (Å²) in [4.78, 5) is 0. The molecule has 0 saturated carbocycles. The third-order valence-corrected chi connectivity index (χ3v) is 13.9. The molecule has 0 rings (SSSR count). The molecule has 0 aliphatic carbocycles. The molecule has 0 saturated heterocycles. The van der Waals surface area contributed by atoms with E-state index in [9.17, 15) is 0 Å². The maximum absolute atomic E-state index is 6.35. The number of rotatable bonds is 17. The maximum atomic E-state index is 6.35. The Morgan fingerprint density at radius 3 is 2.09 bits per heavy atom. The lowest BCUT2D eigenvalue weighted by Gasteiger charge is -2.31. The van der Waals surface area contributed by atoms with E-state index < -0.39 is 8.80 Å². The van der Waals surface area contributed by atoms with Gasteiger partial charge in [-0.25, -0.2) is 0 Å². The fourth-order valence-electron chi connectivity index (χ4n) is 2.07. The maximum Gasteiger partial charge on any atom is 0.512 e. The van der Waals surface area contributed by atoms with E-state index in [0.29, 0.717) is 13.2 Å². The van der Waals surface area contributed by atoms with Crippen molar-refractivity contribution >= 4 is 50.0 Å². The van der Waals surface area contributed by atoms with Gasteiger partial charge in [0.15, 0.2) is 0 Å². The van der Waals surface area contributed by atoms with Gasteiger partial charge in [-0.2, -0.15) is 0 Å². The van der Waals surface area contributed by atoms with E-state index in [1.54, 1.807) is 20.6 Å². The van der Waals surface area contributed by atoms with Crippen LogP contribution in [0.1, 0.15) is 66.7 Å². The highest BCUT2D eigenvalue weighted by Crippen LogP contribution is 2.43. The topological polar surface area (TPSA) is 27.7 Å². The molecule has 0 radical (unpaired) electrons. The van der Waals surface area contributed by atoms with Gasteiger partial charge in [0.05, 0.1) is 5.38 Å². The molecule has 1 unspecified atom stereocenters. The van der Waals surface area contributed by atoms with Crippen LogP contribution in [0.3, 0.4) is 0 Å². The van der Waals surface area contributed by atoms with Crippen LogP contribution < -0.4 is 0 Å². The molecule has 0 aliphatic heterocycles. The highest BCUT2D eigenvalue weighted by atomic mass is 33.7. The van der Waals surface area contributed by atoms with Crippen molar-refractivity contribution in [1.29, 1.82) is 0 Å². The summed E-state index contributed by atoms with van der Waals surface area (Å²) in [5, 5.41) is 0.815. The Hall–Kier alpha value is 1.50. The Bertz CT molecular complexity index is 257. The molecule has 8 heteroatoms. The quantitative estimate of drug-likeness (QED) is 0.149. The van der Waals surface area contributed by atoms with Crippen LogP contribution in [-0.4, -0.2) is 39.3 Å². The van der Waals surface area contributed by atoms with Gasteiger partial charge in [0.25, 0.3) is 0 Å². The summed E-state index contributed by atoms with van der Waals surface area (Å²) in [5.74, 6) is 1.13. The van der Waals surface area contributed by atoms with Gasteiger partial charge < -0.3 is 13.3 Å². The van der Waals surface area contributed by atoms with Crippen molar-refractivity contribution in [3.8, 4) is 0 Å². The SMILES string of the molecule is CCCCCCC(C)O[Si](CSSSSCC)(OCC)OCC. The van der Waals surface area contributed by atoms with E-state index in [1.807, 2.05) is 34.5 Å². The fraction of sp³-hybridized carbons (Fsp3) is 1.00. The molecule has 1 atom stereocenters. The summed E-state index contributed by atoms with van der Waals surface area (Å²) in [6.45, 7) is 11.9. The fourth-order valence-corrected chi connectivity index (χ4v) is 13.0. The van der Waals surface area contributed by atoms with Crippen LogP contribution in [0, 0.1) is 0 Å². The summed E-state index contributed by atoms with van der Waals surface area (Å²) in [5.41, 5.74) is 0. The summed E-state index contributed by atoms with van der Waals surface area (Å²) in [6, 6.07) is 0. The van der Waals surface area contributed by atoms with Gasteiger partial charge in [-0.15, -0.1) is 0 Å². The van der Waals surface area contributed by atoms with E-state index in [1.165, 1.54) is 25.7 Å². The summed E-state index contributed by atoms with van der Waals surface area (Å²) >= 11 is 0. The average Bonchev–Trinajstić information content (AvgIpc) is 2.52. The van der Waals surface area contributed by atoms with Crippen LogP contribution in [0.2, 0.25) is 0 Å². The molecule has 0 aromatic carbocycles. The highest BCUT2D eigenvalue weighted by molar-refractivity contribution is 9.26. The standard InChI is InChI=1S/C15H34O3S4Si/c1-6-10-11-12-13-15(5)18-23(16-7-2,17-8-3)14-20-22-21-19-9-4/h15H,6-14H2,1-5H3. The Balaban J connectivity index is 4.38. The highest BCUT2D eigenvalue weighted by Gasteiger charge is 2.42. The molecule has 23 heavy (non-hydrogen) atoms. The normalized spacial score (nSPS) is 13.4. The molecule has 0 bridgehead atoms. The molecular weight excluding hydrogens is 385 g/mol. The van der Waals surface area contributed by atoms with Crippen molar-refractivity contribution in [2.24, 2.45) is 0 Å². The monoisotopic (exact) mass is 418 g/mol. The Kier molecular flexibility index (Phi) is 18.0. The predicted molar refractivity (Wildman–Crippen MR) is 114 cm³/mol. The molecule has 0 heterocycles. The van der Waals surface area contributed by atoms with Crippen molar-refractivity contribution < 1.29 is 13.3 Å². The zero-order valence-corrected chi connectivity index (χ0v) is 19.6. The van der Waals surface area contributed by atoms with Crippen molar-refractivity contribution in [2.45, 2.75) is 72.8 Å². The molecule has 0 aliphatic rings. The van der Waals surface area contributed by atoms with Crippen LogP contribution >= 0.6 is 41.2 Å². The van der Waals surface area contributed by atoms with E-state index in [0.717, 1.165) is 17.5 Å². The smallest absolute Gasteiger partial charge is 0.373 e. The summed E-state index contributed by atoms with van der Waals surface area (Å²) in [7, 11) is 4.72. The van der Waals surface area contributed by atoms with Gasteiger partial charge in [0, 0.05) is 25.1 Å². The number of unbranched alkanes of at least 4 members (excludes halogenated alkanes) is 3. The van der Waals surface area contributed by atoms with Crippen LogP contribution in [0.5, 0.6) is 0 Å². The second kappa shape index (κ2) is 16.9. The summed E-state index contributed by atoms with van der Waals surface area (Å²) in [6.07, 6.45) is 6.39. The van der Waals surface area contributed by atoms with Gasteiger partial charge in [-0.3, -0.25) is 0 Å². The lowest BCUT2D eigenvalue weighted by molar-refractivity contribution is 0.0399. The first kappa shape index (κ1) is 24.5. The van der Waals surface area contributed by atoms with Crippen molar-refractivity contribution in [1.82, 2.24) is 0 Å². The lowest BCUT2D eigenvalue weighted by atomic mass is 10.1. The largest absolute Gasteiger partial charge is 0.512 e. The Morgan fingerprint density at radius 2 is 1.52 bits per heavy atom. The minimum Gasteiger partial charge on any atom is -0.373 e. The first-order valence-electron chi connectivity index (χ1n) is 8.67. The Morgan fingerprint density at radius 1 is 0.870 bits per heavy atom. The molecule has 0 spiro atoms.